The summed E-state index contributed by atoms with van der Waals surface area (Å²) in [6.45, 7) is 1.77. The Morgan fingerprint density at radius 1 is 1.25 bits per heavy atom. The number of hydrogen-bond acceptors (Lipinski definition) is 2. The van der Waals surface area contributed by atoms with Crippen molar-refractivity contribution in [2.75, 3.05) is 0 Å². The molecule has 3 heteroatoms. The Morgan fingerprint density at radius 2 is 1.88 bits per heavy atom. The highest BCUT2D eigenvalue weighted by Gasteiger charge is 2.29. The second-order valence-corrected chi connectivity index (χ2v) is 4.24. The van der Waals surface area contributed by atoms with Crippen LogP contribution in [0.3, 0.4) is 0 Å². The van der Waals surface area contributed by atoms with Gasteiger partial charge in [0.1, 0.15) is 0 Å². The average Bonchev–Trinajstić information content (AvgIpc) is 3.12. The molecular formula is C13H15NO2. The Bertz CT molecular complexity index is 396. The van der Waals surface area contributed by atoms with Crippen molar-refractivity contribution >= 4 is 11.7 Å². The molecule has 1 saturated carbocycles. The number of hydrogen-bond donors (Lipinski definition) is 1. The molecule has 0 spiro atoms. The molecule has 1 amide bonds. The largest absolute Gasteiger partial charge is 0.347 e. The zero-order valence-corrected chi connectivity index (χ0v) is 9.27. The lowest BCUT2D eigenvalue weighted by Gasteiger charge is -2.10. The summed E-state index contributed by atoms with van der Waals surface area (Å²) in [5.74, 6) is -1.16. The zero-order valence-electron chi connectivity index (χ0n) is 9.27. The van der Waals surface area contributed by atoms with Crippen LogP contribution >= 0.6 is 0 Å². The van der Waals surface area contributed by atoms with Gasteiger partial charge < -0.3 is 5.32 Å². The molecule has 0 aromatic heterocycles. The minimum Gasteiger partial charge on any atom is -0.347 e. The van der Waals surface area contributed by atoms with Gasteiger partial charge >= 0.3 is 0 Å². The van der Waals surface area contributed by atoms with Gasteiger partial charge in [-0.15, -0.1) is 0 Å². The maximum atomic E-state index is 11.8. The van der Waals surface area contributed by atoms with E-state index in [-0.39, 0.29) is 17.7 Å². The smallest absolute Gasteiger partial charge is 0.288 e. The molecule has 1 aromatic rings. The summed E-state index contributed by atoms with van der Waals surface area (Å²) in [7, 11) is 0. The molecule has 0 unspecified atom stereocenters. The van der Waals surface area contributed by atoms with Crippen molar-refractivity contribution in [1.82, 2.24) is 5.32 Å². The molecule has 1 aromatic carbocycles. The highest BCUT2D eigenvalue weighted by Crippen LogP contribution is 2.20. The van der Waals surface area contributed by atoms with Gasteiger partial charge in [0.25, 0.3) is 5.91 Å². The minimum atomic E-state index is -0.446. The third kappa shape index (κ3) is 2.48. The Labute approximate surface area is 94.9 Å². The van der Waals surface area contributed by atoms with Crippen molar-refractivity contribution in [2.24, 2.45) is 0 Å². The van der Waals surface area contributed by atoms with E-state index in [0.29, 0.717) is 0 Å². The number of amides is 1. The molecule has 1 fully saturated rings. The van der Waals surface area contributed by atoms with Crippen molar-refractivity contribution < 1.29 is 9.59 Å². The van der Waals surface area contributed by atoms with Gasteiger partial charge in [-0.05, 0) is 18.4 Å². The second kappa shape index (κ2) is 4.47. The van der Waals surface area contributed by atoms with Gasteiger partial charge in [-0.2, -0.15) is 0 Å². The number of benzene rings is 1. The van der Waals surface area contributed by atoms with Crippen LogP contribution in [-0.2, 0) is 9.59 Å². The molecule has 0 aliphatic heterocycles. The number of ketones is 1. The van der Waals surface area contributed by atoms with E-state index < -0.39 is 5.91 Å². The molecule has 0 radical (unpaired) electrons. The summed E-state index contributed by atoms with van der Waals surface area (Å²) < 4.78 is 0. The van der Waals surface area contributed by atoms with E-state index in [1.54, 1.807) is 6.92 Å². The number of Topliss-reactive ketones (excluding diaryl/α,β-unsaturated/α-hetero) is 1. The monoisotopic (exact) mass is 217 g/mol. The number of carbonyl (C=O) groups excluding carboxylic acids is 2. The Morgan fingerprint density at radius 3 is 2.44 bits per heavy atom. The van der Waals surface area contributed by atoms with Crippen molar-refractivity contribution in [3.05, 3.63) is 35.9 Å². The second-order valence-electron chi connectivity index (χ2n) is 4.24. The van der Waals surface area contributed by atoms with Crippen LogP contribution in [0.5, 0.6) is 0 Å². The Kier molecular flexibility index (Phi) is 3.04. The number of nitrogens with one attached hydrogen (secondary N) is 1. The highest BCUT2D eigenvalue weighted by atomic mass is 16.2. The molecule has 84 valence electrons. The third-order valence-corrected chi connectivity index (χ3v) is 2.83. The van der Waals surface area contributed by atoms with Crippen LogP contribution < -0.4 is 5.32 Å². The molecule has 0 heterocycles. The van der Waals surface area contributed by atoms with E-state index in [1.807, 2.05) is 30.3 Å². The van der Waals surface area contributed by atoms with E-state index in [1.165, 1.54) is 0 Å². The first-order valence-corrected chi connectivity index (χ1v) is 5.58. The molecule has 16 heavy (non-hydrogen) atoms. The molecule has 1 aliphatic rings. The van der Waals surface area contributed by atoms with Gasteiger partial charge in [0, 0.05) is 12.0 Å². The first kappa shape index (κ1) is 10.9. The van der Waals surface area contributed by atoms with Crippen molar-refractivity contribution in [2.45, 2.75) is 31.7 Å². The molecule has 1 atom stereocenters. The standard InChI is InChI=1S/C13H15NO2/c1-9(10-5-3-2-4-6-10)12(15)13(16)14-11-7-8-11/h2-6,9,11H,7-8H2,1H3,(H,14,16)/t9-/m1/s1. The summed E-state index contributed by atoms with van der Waals surface area (Å²) in [5.41, 5.74) is 0.887. The predicted molar refractivity (Wildman–Crippen MR) is 61.0 cm³/mol. The molecule has 1 aliphatic carbocycles. The van der Waals surface area contributed by atoms with Gasteiger partial charge in [0.15, 0.2) is 0 Å². The maximum Gasteiger partial charge on any atom is 0.288 e. The summed E-state index contributed by atoms with van der Waals surface area (Å²) in [6, 6.07) is 9.61. The third-order valence-electron chi connectivity index (χ3n) is 2.83. The van der Waals surface area contributed by atoms with Gasteiger partial charge in [0.05, 0.1) is 0 Å². The summed E-state index contributed by atoms with van der Waals surface area (Å²) in [5, 5.41) is 2.72. The number of carbonyl (C=O) groups is 2. The van der Waals surface area contributed by atoms with Crippen LogP contribution in [-0.4, -0.2) is 17.7 Å². The fourth-order valence-electron chi connectivity index (χ4n) is 1.57. The van der Waals surface area contributed by atoms with Gasteiger partial charge in [0.2, 0.25) is 5.78 Å². The normalized spacial score (nSPS) is 16.6. The van der Waals surface area contributed by atoms with E-state index in [9.17, 15) is 9.59 Å². The van der Waals surface area contributed by atoms with E-state index in [0.717, 1.165) is 18.4 Å². The molecule has 0 saturated heterocycles. The van der Waals surface area contributed by atoms with Crippen molar-refractivity contribution in [1.29, 1.82) is 0 Å². The lowest BCUT2D eigenvalue weighted by Crippen LogP contribution is -2.35. The van der Waals surface area contributed by atoms with Crippen LogP contribution in [0.2, 0.25) is 0 Å². The van der Waals surface area contributed by atoms with E-state index in [4.69, 9.17) is 0 Å². The highest BCUT2D eigenvalue weighted by molar-refractivity contribution is 6.38. The number of rotatable bonds is 4. The average molecular weight is 217 g/mol. The topological polar surface area (TPSA) is 46.2 Å². The summed E-state index contributed by atoms with van der Waals surface area (Å²) >= 11 is 0. The molecular weight excluding hydrogens is 202 g/mol. The fraction of sp³-hybridized carbons (Fsp3) is 0.385. The Balaban J connectivity index is 2.00. The molecule has 2 rings (SSSR count). The summed E-state index contributed by atoms with van der Waals surface area (Å²) in [6.07, 6.45) is 2.00. The van der Waals surface area contributed by atoms with Crippen molar-refractivity contribution in [3.8, 4) is 0 Å². The SMILES string of the molecule is C[C@@H](C(=O)C(=O)NC1CC1)c1ccccc1. The van der Waals surface area contributed by atoms with Crippen LogP contribution in [0.4, 0.5) is 0 Å². The molecule has 1 N–H and O–H groups in total. The zero-order chi connectivity index (χ0) is 11.5. The van der Waals surface area contributed by atoms with Crippen LogP contribution in [0.15, 0.2) is 30.3 Å². The van der Waals surface area contributed by atoms with Crippen LogP contribution in [0.25, 0.3) is 0 Å². The Hall–Kier alpha value is -1.64. The summed E-state index contributed by atoms with van der Waals surface area (Å²) in [4.78, 5) is 23.3. The van der Waals surface area contributed by atoms with E-state index >= 15 is 0 Å². The van der Waals surface area contributed by atoms with Gasteiger partial charge in [-0.25, -0.2) is 0 Å². The molecule has 0 bridgehead atoms. The first-order chi connectivity index (χ1) is 7.68. The van der Waals surface area contributed by atoms with Gasteiger partial charge in [-0.1, -0.05) is 37.3 Å². The lowest BCUT2D eigenvalue weighted by molar-refractivity contribution is -0.138. The fourth-order valence-corrected chi connectivity index (χ4v) is 1.57. The molecule has 3 nitrogen and oxygen atoms in total. The van der Waals surface area contributed by atoms with Crippen molar-refractivity contribution in [3.63, 3.8) is 0 Å². The van der Waals surface area contributed by atoms with Crippen LogP contribution in [0.1, 0.15) is 31.2 Å². The van der Waals surface area contributed by atoms with Crippen LogP contribution in [0, 0.1) is 0 Å². The van der Waals surface area contributed by atoms with Gasteiger partial charge in [-0.3, -0.25) is 9.59 Å². The minimum absolute atomic E-state index is 0.236. The predicted octanol–water partition coefficient (Wildman–Crippen LogP) is 1.64. The first-order valence-electron chi connectivity index (χ1n) is 5.58. The lowest BCUT2D eigenvalue weighted by atomic mass is 9.96. The quantitative estimate of drug-likeness (QED) is 0.779. The maximum absolute atomic E-state index is 11.8. The van der Waals surface area contributed by atoms with E-state index in [2.05, 4.69) is 5.32 Å².